The van der Waals surface area contributed by atoms with E-state index in [4.69, 9.17) is 11.5 Å². The van der Waals surface area contributed by atoms with Crippen LogP contribution in [0.25, 0.3) is 0 Å². The minimum atomic E-state index is -1.16. The van der Waals surface area contributed by atoms with Crippen molar-refractivity contribution in [3.63, 3.8) is 0 Å². The highest BCUT2D eigenvalue weighted by Crippen LogP contribution is 2.18. The van der Waals surface area contributed by atoms with Crippen LogP contribution >= 0.6 is 0 Å². The number of carboxylic acid groups (broad SMARTS) is 1. The Labute approximate surface area is 235 Å². The number of rotatable bonds is 16. The second-order valence-electron chi connectivity index (χ2n) is 10.6. The van der Waals surface area contributed by atoms with Crippen molar-refractivity contribution in [2.45, 2.75) is 83.0 Å². The maximum atomic E-state index is 13.5. The summed E-state index contributed by atoms with van der Waals surface area (Å²) >= 11 is 0. The van der Waals surface area contributed by atoms with Gasteiger partial charge in [0.25, 0.3) is 0 Å². The first-order chi connectivity index (χ1) is 19.1. The standard InChI is InChI=1S/C28H44N6O6/c1-18(2)15-22(28(39)40)33-26(37)21(16-19-9-4-3-5-10-19)32-25(36)20(11-6-7-13-29)31-27(38)23-12-8-14-34(23)24(35)17-30/h3-5,9-10,18,20-23H,6-8,11-17,29-30H2,1-2H3,(H,31,38)(H,32,36)(H,33,37)(H,39,40)/t20-,21-,22-,23-/m0/s1. The predicted octanol–water partition coefficient (Wildman–Crippen LogP) is -0.107. The number of unbranched alkanes of at least 4 members (excludes halogenated alkanes) is 1. The van der Waals surface area contributed by atoms with Crippen molar-refractivity contribution >= 4 is 29.6 Å². The molecule has 8 N–H and O–H groups in total. The molecular weight excluding hydrogens is 516 g/mol. The molecule has 1 heterocycles. The smallest absolute Gasteiger partial charge is 0.326 e. The monoisotopic (exact) mass is 560 g/mol. The zero-order valence-corrected chi connectivity index (χ0v) is 23.4. The van der Waals surface area contributed by atoms with E-state index < -0.39 is 47.9 Å². The number of carbonyl (C=O) groups is 5. The number of carbonyl (C=O) groups excluding carboxylic acids is 4. The third-order valence-corrected chi connectivity index (χ3v) is 6.87. The number of nitrogens with two attached hydrogens (primary N) is 2. The molecule has 4 amide bonds. The maximum absolute atomic E-state index is 13.5. The summed E-state index contributed by atoms with van der Waals surface area (Å²) in [7, 11) is 0. The molecule has 12 nitrogen and oxygen atoms in total. The average Bonchev–Trinajstić information content (AvgIpc) is 3.42. The van der Waals surface area contributed by atoms with Crippen LogP contribution in [0.1, 0.15) is 57.9 Å². The normalized spacial score (nSPS) is 17.1. The molecule has 1 aliphatic rings. The average molecular weight is 561 g/mol. The summed E-state index contributed by atoms with van der Waals surface area (Å²) in [5.74, 6) is -3.14. The van der Waals surface area contributed by atoms with Gasteiger partial charge in [0, 0.05) is 13.0 Å². The van der Waals surface area contributed by atoms with Crippen LogP contribution in [0.4, 0.5) is 0 Å². The molecule has 0 unspecified atom stereocenters. The number of hydrogen-bond donors (Lipinski definition) is 6. The van der Waals surface area contributed by atoms with Crippen LogP contribution < -0.4 is 27.4 Å². The Morgan fingerprint density at radius 3 is 2.20 bits per heavy atom. The third-order valence-electron chi connectivity index (χ3n) is 6.87. The Bertz CT molecular complexity index is 1000. The van der Waals surface area contributed by atoms with E-state index in [1.54, 1.807) is 24.3 Å². The van der Waals surface area contributed by atoms with Crippen LogP contribution in [0, 0.1) is 5.92 Å². The molecule has 1 aromatic rings. The lowest BCUT2D eigenvalue weighted by Crippen LogP contribution is -2.58. The van der Waals surface area contributed by atoms with Gasteiger partial charge in [-0.15, -0.1) is 0 Å². The first-order valence-electron chi connectivity index (χ1n) is 13.9. The number of hydrogen-bond acceptors (Lipinski definition) is 7. The summed E-state index contributed by atoms with van der Waals surface area (Å²) in [5, 5.41) is 17.7. The van der Waals surface area contributed by atoms with Crippen molar-refractivity contribution < 1.29 is 29.1 Å². The third kappa shape index (κ3) is 10.2. The molecule has 4 atom stereocenters. The van der Waals surface area contributed by atoms with Gasteiger partial charge in [0.2, 0.25) is 23.6 Å². The molecule has 1 fully saturated rings. The van der Waals surface area contributed by atoms with Gasteiger partial charge in [-0.1, -0.05) is 44.2 Å². The van der Waals surface area contributed by atoms with E-state index in [0.717, 1.165) is 5.56 Å². The highest BCUT2D eigenvalue weighted by Gasteiger charge is 2.36. The number of carboxylic acids is 1. The molecule has 0 aromatic heterocycles. The highest BCUT2D eigenvalue weighted by atomic mass is 16.4. The zero-order valence-electron chi connectivity index (χ0n) is 23.4. The Kier molecular flexibility index (Phi) is 13.5. The van der Waals surface area contributed by atoms with Crippen LogP contribution in [-0.4, -0.2) is 83.4 Å². The van der Waals surface area contributed by atoms with Gasteiger partial charge in [-0.3, -0.25) is 19.2 Å². The van der Waals surface area contributed by atoms with Gasteiger partial charge in [-0.25, -0.2) is 4.79 Å². The minimum Gasteiger partial charge on any atom is -0.480 e. The first-order valence-corrected chi connectivity index (χ1v) is 13.9. The van der Waals surface area contributed by atoms with E-state index in [9.17, 15) is 29.1 Å². The van der Waals surface area contributed by atoms with Gasteiger partial charge in [-0.2, -0.15) is 0 Å². The van der Waals surface area contributed by atoms with Crippen LogP contribution in [0.15, 0.2) is 30.3 Å². The number of nitrogens with zero attached hydrogens (tertiary/aromatic N) is 1. The lowest BCUT2D eigenvalue weighted by Gasteiger charge is -2.28. The molecule has 1 aromatic carbocycles. The van der Waals surface area contributed by atoms with Gasteiger partial charge < -0.3 is 37.4 Å². The van der Waals surface area contributed by atoms with E-state index in [0.29, 0.717) is 38.8 Å². The summed E-state index contributed by atoms with van der Waals surface area (Å²) in [6.07, 6.45) is 2.91. The number of aliphatic carboxylic acids is 1. The largest absolute Gasteiger partial charge is 0.480 e. The fourth-order valence-corrected chi connectivity index (χ4v) is 4.78. The van der Waals surface area contributed by atoms with Gasteiger partial charge in [0.05, 0.1) is 6.54 Å². The van der Waals surface area contributed by atoms with Crippen molar-refractivity contribution in [2.75, 3.05) is 19.6 Å². The lowest BCUT2D eigenvalue weighted by atomic mass is 10.0. The summed E-state index contributed by atoms with van der Waals surface area (Å²) < 4.78 is 0. The molecule has 2 rings (SSSR count). The van der Waals surface area contributed by atoms with E-state index in [1.165, 1.54) is 4.90 Å². The van der Waals surface area contributed by atoms with Crippen molar-refractivity contribution in [3.8, 4) is 0 Å². The van der Waals surface area contributed by atoms with Gasteiger partial charge >= 0.3 is 5.97 Å². The van der Waals surface area contributed by atoms with Crippen molar-refractivity contribution in [1.82, 2.24) is 20.9 Å². The van der Waals surface area contributed by atoms with E-state index in [-0.39, 0.29) is 37.6 Å². The summed E-state index contributed by atoms with van der Waals surface area (Å²) in [4.78, 5) is 65.4. The van der Waals surface area contributed by atoms with Crippen molar-refractivity contribution in [1.29, 1.82) is 0 Å². The van der Waals surface area contributed by atoms with Crippen LogP contribution in [0.5, 0.6) is 0 Å². The Balaban J connectivity index is 2.24. The molecule has 0 bridgehead atoms. The maximum Gasteiger partial charge on any atom is 0.326 e. The second kappa shape index (κ2) is 16.6. The first kappa shape index (κ1) is 32.7. The van der Waals surface area contributed by atoms with Crippen molar-refractivity contribution in [2.24, 2.45) is 17.4 Å². The SMILES string of the molecule is CC(C)C[C@H](NC(=O)[C@H](Cc1ccccc1)NC(=O)[C@H](CCCCN)NC(=O)[C@@H]1CCCN1C(=O)CN)C(=O)O. The highest BCUT2D eigenvalue weighted by molar-refractivity contribution is 5.95. The van der Waals surface area contributed by atoms with Crippen LogP contribution in [-0.2, 0) is 30.4 Å². The van der Waals surface area contributed by atoms with Gasteiger partial charge in [0.15, 0.2) is 0 Å². The molecular formula is C28H44N6O6. The Morgan fingerprint density at radius 1 is 0.950 bits per heavy atom. The number of benzene rings is 1. The van der Waals surface area contributed by atoms with E-state index in [1.807, 2.05) is 19.9 Å². The van der Waals surface area contributed by atoms with E-state index in [2.05, 4.69) is 16.0 Å². The molecule has 1 aliphatic heterocycles. The minimum absolute atomic E-state index is 0.0204. The van der Waals surface area contributed by atoms with Gasteiger partial charge in [0.1, 0.15) is 24.2 Å². The van der Waals surface area contributed by atoms with E-state index >= 15 is 0 Å². The van der Waals surface area contributed by atoms with Crippen molar-refractivity contribution in [3.05, 3.63) is 35.9 Å². The summed E-state index contributed by atoms with van der Waals surface area (Å²) in [5.41, 5.74) is 11.9. The fourth-order valence-electron chi connectivity index (χ4n) is 4.78. The molecule has 0 spiro atoms. The summed E-state index contributed by atoms with van der Waals surface area (Å²) in [6.45, 7) is 4.32. The number of amides is 4. The quantitative estimate of drug-likeness (QED) is 0.151. The lowest BCUT2D eigenvalue weighted by molar-refractivity contribution is -0.142. The topological polar surface area (TPSA) is 197 Å². The molecule has 0 radical (unpaired) electrons. The fraction of sp³-hybridized carbons (Fsp3) is 0.607. The van der Waals surface area contributed by atoms with Crippen LogP contribution in [0.3, 0.4) is 0 Å². The molecule has 40 heavy (non-hydrogen) atoms. The molecule has 0 saturated carbocycles. The number of nitrogens with one attached hydrogen (secondary N) is 3. The summed E-state index contributed by atoms with van der Waals surface area (Å²) in [6, 6.07) is 5.13. The molecule has 1 saturated heterocycles. The Morgan fingerprint density at radius 2 is 1.60 bits per heavy atom. The number of likely N-dealkylation sites (tertiary alicyclic amines) is 1. The predicted molar refractivity (Wildman–Crippen MR) is 150 cm³/mol. The van der Waals surface area contributed by atoms with Crippen LogP contribution in [0.2, 0.25) is 0 Å². The van der Waals surface area contributed by atoms with Gasteiger partial charge in [-0.05, 0) is 56.6 Å². The zero-order chi connectivity index (χ0) is 29.7. The molecule has 0 aliphatic carbocycles. The molecule has 12 heteroatoms. The molecule has 222 valence electrons. The second-order valence-corrected chi connectivity index (χ2v) is 10.6. The Hall–Kier alpha value is -3.51.